The van der Waals surface area contributed by atoms with Gasteiger partial charge in [0, 0.05) is 30.3 Å². The van der Waals surface area contributed by atoms with Gasteiger partial charge < -0.3 is 34.4 Å². The molecule has 0 radical (unpaired) electrons. The van der Waals surface area contributed by atoms with E-state index in [9.17, 15) is 14.7 Å². The highest BCUT2D eigenvalue weighted by molar-refractivity contribution is 5.92. The molecule has 4 rings (SSSR count). The van der Waals surface area contributed by atoms with Gasteiger partial charge in [-0.2, -0.15) is 0 Å². The highest BCUT2D eigenvalue weighted by Crippen LogP contribution is 2.47. The first-order chi connectivity index (χ1) is 14.9. The first-order valence-electron chi connectivity index (χ1n) is 10.8. The molecule has 0 bridgehead atoms. The van der Waals surface area contributed by atoms with Crippen molar-refractivity contribution in [2.24, 2.45) is 0 Å². The van der Waals surface area contributed by atoms with Crippen molar-refractivity contribution in [2.45, 2.75) is 37.1 Å². The lowest BCUT2D eigenvalue weighted by Gasteiger charge is -2.38. The lowest BCUT2D eigenvalue weighted by Crippen LogP contribution is -2.48. The van der Waals surface area contributed by atoms with E-state index >= 15 is 0 Å². The number of amides is 2. The summed E-state index contributed by atoms with van der Waals surface area (Å²) in [7, 11) is 3.69. The first-order valence-corrected chi connectivity index (χ1v) is 10.8. The molecule has 1 aromatic rings. The number of carbonyl (C=O) groups is 2. The second-order valence-corrected chi connectivity index (χ2v) is 8.64. The molecule has 3 aliphatic heterocycles. The number of aliphatic hydroxyl groups is 1. The molecule has 0 saturated carbocycles. The van der Waals surface area contributed by atoms with Crippen molar-refractivity contribution in [1.82, 2.24) is 9.80 Å². The fourth-order valence-corrected chi connectivity index (χ4v) is 4.59. The highest BCUT2D eigenvalue weighted by Gasteiger charge is 2.46. The van der Waals surface area contributed by atoms with E-state index in [1.165, 1.54) is 0 Å². The van der Waals surface area contributed by atoms with E-state index in [1.807, 2.05) is 42.1 Å². The number of fused-ring (bicyclic) bond motifs is 3. The topological polar surface area (TPSA) is 101 Å². The summed E-state index contributed by atoms with van der Waals surface area (Å²) in [4.78, 5) is 28.5. The molecule has 0 aliphatic carbocycles. The van der Waals surface area contributed by atoms with Crippen LogP contribution in [0, 0.1) is 0 Å². The molecular formula is C22H31N3O6. The summed E-state index contributed by atoms with van der Waals surface area (Å²) in [6.07, 6.45) is -0.202. The van der Waals surface area contributed by atoms with Crippen molar-refractivity contribution in [3.05, 3.63) is 23.8 Å². The van der Waals surface area contributed by atoms with Crippen LogP contribution in [0.25, 0.3) is 0 Å². The van der Waals surface area contributed by atoms with Gasteiger partial charge >= 0.3 is 0 Å². The van der Waals surface area contributed by atoms with Crippen molar-refractivity contribution in [3.8, 4) is 5.75 Å². The van der Waals surface area contributed by atoms with E-state index in [2.05, 4.69) is 5.32 Å². The number of nitrogens with one attached hydrogen (secondary N) is 1. The van der Waals surface area contributed by atoms with Gasteiger partial charge in [0.05, 0.1) is 38.9 Å². The van der Waals surface area contributed by atoms with Crippen molar-refractivity contribution < 1.29 is 28.9 Å². The molecule has 0 spiro atoms. The van der Waals surface area contributed by atoms with E-state index in [0.29, 0.717) is 45.0 Å². The Bertz CT molecular complexity index is 810. The Labute approximate surface area is 182 Å². The Morgan fingerprint density at radius 2 is 2.03 bits per heavy atom. The van der Waals surface area contributed by atoms with Crippen LogP contribution in [-0.4, -0.2) is 98.6 Å². The SMILES string of the molecule is CN(C)CC(=O)Nc1ccc2c(c1)[C@@H]1C[C@@H](CC(=O)N3CCOCC3)O[C@@H](CO)[C@@H]1O2. The normalized spacial score (nSPS) is 27.4. The van der Waals surface area contributed by atoms with Crippen LogP contribution in [0.4, 0.5) is 5.69 Å². The predicted molar refractivity (Wildman–Crippen MR) is 113 cm³/mol. The van der Waals surface area contributed by atoms with Crippen LogP contribution in [0.2, 0.25) is 0 Å². The monoisotopic (exact) mass is 433 g/mol. The second-order valence-electron chi connectivity index (χ2n) is 8.64. The molecule has 9 heteroatoms. The number of aliphatic hydroxyl groups excluding tert-OH is 1. The van der Waals surface area contributed by atoms with Gasteiger partial charge in [-0.15, -0.1) is 0 Å². The lowest BCUT2D eigenvalue weighted by atomic mass is 9.84. The molecule has 4 atom stereocenters. The number of likely N-dealkylation sites (N-methyl/N-ethyl adjacent to an activating group) is 1. The summed E-state index contributed by atoms with van der Waals surface area (Å²) in [5.74, 6) is 0.693. The molecule has 2 N–H and O–H groups in total. The fourth-order valence-electron chi connectivity index (χ4n) is 4.59. The van der Waals surface area contributed by atoms with Gasteiger partial charge in [-0.05, 0) is 38.7 Å². The summed E-state index contributed by atoms with van der Waals surface area (Å²) >= 11 is 0. The molecular weight excluding hydrogens is 402 g/mol. The van der Waals surface area contributed by atoms with Crippen molar-refractivity contribution in [2.75, 3.05) is 58.9 Å². The summed E-state index contributed by atoms with van der Waals surface area (Å²) in [5.41, 5.74) is 1.70. The molecule has 170 valence electrons. The van der Waals surface area contributed by atoms with Gasteiger partial charge in [0.25, 0.3) is 0 Å². The molecule has 3 heterocycles. The van der Waals surface area contributed by atoms with E-state index in [1.54, 1.807) is 0 Å². The number of rotatable bonds is 6. The van der Waals surface area contributed by atoms with E-state index in [-0.39, 0.29) is 43.0 Å². The molecule has 1 aromatic carbocycles. The van der Waals surface area contributed by atoms with Crippen molar-refractivity contribution >= 4 is 17.5 Å². The molecule has 2 amide bonds. The highest BCUT2D eigenvalue weighted by atomic mass is 16.6. The van der Waals surface area contributed by atoms with Crippen LogP contribution < -0.4 is 10.1 Å². The quantitative estimate of drug-likeness (QED) is 0.671. The Hall–Kier alpha value is -2.20. The van der Waals surface area contributed by atoms with Crippen LogP contribution in [0.15, 0.2) is 18.2 Å². The molecule has 2 saturated heterocycles. The standard InChI is InChI=1S/C22H31N3O6/c1-24(2)12-20(27)23-14-3-4-18-16(9-14)17-10-15(30-19(13-26)22(17)31-18)11-21(28)25-5-7-29-8-6-25/h3-4,9,15,17,19,22,26H,5-8,10-13H2,1-2H3,(H,23,27)/t15-,17-,19-,22+/m0/s1. The van der Waals surface area contributed by atoms with Gasteiger partial charge in [0.15, 0.2) is 0 Å². The van der Waals surface area contributed by atoms with Gasteiger partial charge in [0.2, 0.25) is 11.8 Å². The predicted octanol–water partition coefficient (Wildman–Crippen LogP) is 0.430. The van der Waals surface area contributed by atoms with Crippen molar-refractivity contribution in [1.29, 1.82) is 0 Å². The van der Waals surface area contributed by atoms with Gasteiger partial charge in [-0.1, -0.05) is 0 Å². The third-order valence-corrected chi connectivity index (χ3v) is 6.01. The Morgan fingerprint density at radius 3 is 2.74 bits per heavy atom. The van der Waals surface area contributed by atoms with Crippen LogP contribution in [0.3, 0.4) is 0 Å². The number of hydrogen-bond acceptors (Lipinski definition) is 7. The largest absolute Gasteiger partial charge is 0.487 e. The number of hydrogen-bond donors (Lipinski definition) is 2. The van der Waals surface area contributed by atoms with Crippen LogP contribution >= 0.6 is 0 Å². The number of morpholine rings is 1. The maximum Gasteiger partial charge on any atom is 0.238 e. The smallest absolute Gasteiger partial charge is 0.238 e. The average molecular weight is 434 g/mol. The summed E-state index contributed by atoms with van der Waals surface area (Å²) in [5, 5.41) is 12.8. The number of ether oxygens (including phenoxy) is 3. The maximum absolute atomic E-state index is 12.7. The minimum Gasteiger partial charge on any atom is -0.487 e. The van der Waals surface area contributed by atoms with Gasteiger partial charge in [0.1, 0.15) is 18.0 Å². The summed E-state index contributed by atoms with van der Waals surface area (Å²) in [6.45, 7) is 2.44. The van der Waals surface area contributed by atoms with Gasteiger partial charge in [-0.3, -0.25) is 9.59 Å². The van der Waals surface area contributed by atoms with E-state index in [0.717, 1.165) is 11.3 Å². The van der Waals surface area contributed by atoms with Crippen molar-refractivity contribution in [3.63, 3.8) is 0 Å². The third kappa shape index (κ3) is 5.01. The number of nitrogens with zero attached hydrogens (tertiary/aromatic N) is 2. The lowest BCUT2D eigenvalue weighted by molar-refractivity contribution is -0.151. The molecule has 0 unspecified atom stereocenters. The second kappa shape index (κ2) is 9.52. The van der Waals surface area contributed by atoms with Crippen LogP contribution in [0.5, 0.6) is 5.75 Å². The average Bonchev–Trinajstić information content (AvgIpc) is 3.11. The molecule has 0 aromatic heterocycles. The molecule has 31 heavy (non-hydrogen) atoms. The molecule has 2 fully saturated rings. The zero-order valence-corrected chi connectivity index (χ0v) is 18.1. The first kappa shape index (κ1) is 22.0. The minimum atomic E-state index is -0.500. The van der Waals surface area contributed by atoms with E-state index < -0.39 is 6.10 Å². The third-order valence-electron chi connectivity index (χ3n) is 6.01. The maximum atomic E-state index is 12.7. The minimum absolute atomic E-state index is 0.00547. The summed E-state index contributed by atoms with van der Waals surface area (Å²) < 4.78 is 17.5. The van der Waals surface area contributed by atoms with Gasteiger partial charge in [-0.25, -0.2) is 0 Å². The van der Waals surface area contributed by atoms with Crippen LogP contribution in [-0.2, 0) is 19.1 Å². The molecule has 9 nitrogen and oxygen atoms in total. The zero-order valence-electron chi connectivity index (χ0n) is 18.1. The Balaban J connectivity index is 1.47. The van der Waals surface area contributed by atoms with E-state index in [4.69, 9.17) is 14.2 Å². The zero-order chi connectivity index (χ0) is 22.0. The fraction of sp³-hybridized carbons (Fsp3) is 0.636. The Morgan fingerprint density at radius 1 is 1.26 bits per heavy atom. The summed E-state index contributed by atoms with van der Waals surface area (Å²) in [6, 6.07) is 5.60. The number of benzene rings is 1. The number of carbonyl (C=O) groups excluding carboxylic acids is 2. The van der Waals surface area contributed by atoms with Crippen LogP contribution in [0.1, 0.15) is 24.3 Å². The number of anilines is 1. The molecule has 3 aliphatic rings. The Kier molecular flexibility index (Phi) is 6.76.